The lowest BCUT2D eigenvalue weighted by atomic mass is 9.99. The predicted octanol–water partition coefficient (Wildman–Crippen LogP) is 0.434. The van der Waals surface area contributed by atoms with Crippen molar-refractivity contribution in [2.24, 2.45) is 16.1 Å². The number of carbonyl (C=O) groups is 2. The lowest BCUT2D eigenvalue weighted by molar-refractivity contribution is -0.123. The summed E-state index contributed by atoms with van der Waals surface area (Å²) in [6.45, 7) is 1.76. The van der Waals surface area contributed by atoms with Crippen molar-refractivity contribution in [2.75, 3.05) is 0 Å². The molecule has 2 heterocycles. The Labute approximate surface area is 116 Å². The van der Waals surface area contributed by atoms with Crippen LogP contribution in [0.1, 0.15) is 25.3 Å². The van der Waals surface area contributed by atoms with Gasteiger partial charge in [0.15, 0.2) is 0 Å². The summed E-state index contributed by atoms with van der Waals surface area (Å²) in [7, 11) is 0. The molecule has 0 aromatic carbocycles. The lowest BCUT2D eigenvalue weighted by Gasteiger charge is -2.06. The second kappa shape index (κ2) is 6.55. The number of hydrazone groups is 2. The predicted molar refractivity (Wildman–Crippen MR) is 73.9 cm³/mol. The van der Waals surface area contributed by atoms with Crippen molar-refractivity contribution in [3.8, 4) is 0 Å². The summed E-state index contributed by atoms with van der Waals surface area (Å²) in [6, 6.07) is 3.61. The van der Waals surface area contributed by atoms with Gasteiger partial charge < -0.3 is 0 Å². The number of hydrogen-bond donors (Lipinski definition) is 2. The molecule has 2 rings (SSSR count). The van der Waals surface area contributed by atoms with Crippen LogP contribution < -0.4 is 10.9 Å². The normalized spacial score (nSPS) is 17.9. The number of amides is 2. The molecule has 1 aliphatic rings. The van der Waals surface area contributed by atoms with E-state index in [4.69, 9.17) is 0 Å². The van der Waals surface area contributed by atoms with E-state index in [-0.39, 0.29) is 24.2 Å². The Morgan fingerprint density at radius 2 is 2.45 bits per heavy atom. The van der Waals surface area contributed by atoms with Crippen LogP contribution >= 0.6 is 0 Å². The van der Waals surface area contributed by atoms with E-state index in [1.165, 1.54) is 6.21 Å². The van der Waals surface area contributed by atoms with Gasteiger partial charge in [-0.3, -0.25) is 14.6 Å². The minimum absolute atomic E-state index is 0.158. The van der Waals surface area contributed by atoms with E-state index in [2.05, 4.69) is 26.0 Å². The van der Waals surface area contributed by atoms with Gasteiger partial charge in [0.05, 0.1) is 12.1 Å². The van der Waals surface area contributed by atoms with Gasteiger partial charge in [0, 0.05) is 30.1 Å². The summed E-state index contributed by atoms with van der Waals surface area (Å²) < 4.78 is 0. The highest BCUT2D eigenvalue weighted by Gasteiger charge is 2.26. The van der Waals surface area contributed by atoms with E-state index in [9.17, 15) is 9.59 Å². The van der Waals surface area contributed by atoms with E-state index < -0.39 is 0 Å². The van der Waals surface area contributed by atoms with Crippen molar-refractivity contribution in [3.63, 3.8) is 0 Å². The van der Waals surface area contributed by atoms with Gasteiger partial charge >= 0.3 is 0 Å². The molecule has 1 unspecified atom stereocenters. The van der Waals surface area contributed by atoms with Crippen LogP contribution in [0.3, 0.4) is 0 Å². The molecule has 0 saturated heterocycles. The number of aromatic nitrogens is 1. The van der Waals surface area contributed by atoms with Gasteiger partial charge in [-0.1, -0.05) is 6.07 Å². The third-order valence-corrected chi connectivity index (χ3v) is 2.91. The molecule has 1 atom stereocenters. The maximum atomic E-state index is 11.6. The molecule has 0 bridgehead atoms. The van der Waals surface area contributed by atoms with E-state index in [0.29, 0.717) is 12.1 Å². The highest BCUT2D eigenvalue weighted by Crippen LogP contribution is 2.13. The van der Waals surface area contributed by atoms with Gasteiger partial charge in [-0.05, 0) is 19.4 Å². The third kappa shape index (κ3) is 3.71. The first-order chi connectivity index (χ1) is 9.66. The molecule has 104 valence electrons. The van der Waals surface area contributed by atoms with E-state index in [0.717, 1.165) is 5.56 Å². The zero-order chi connectivity index (χ0) is 14.4. The molecule has 7 nitrogen and oxygen atoms in total. The summed E-state index contributed by atoms with van der Waals surface area (Å²) in [4.78, 5) is 26.9. The molecule has 0 aliphatic carbocycles. The first kappa shape index (κ1) is 13.9. The summed E-state index contributed by atoms with van der Waals surface area (Å²) in [5.41, 5.74) is 6.31. The van der Waals surface area contributed by atoms with E-state index >= 15 is 0 Å². The minimum atomic E-state index is -0.317. The molecular formula is C13H15N5O2. The minimum Gasteiger partial charge on any atom is -0.273 e. The van der Waals surface area contributed by atoms with Crippen LogP contribution in [-0.4, -0.2) is 28.7 Å². The molecule has 7 heteroatoms. The van der Waals surface area contributed by atoms with Gasteiger partial charge in [-0.25, -0.2) is 10.9 Å². The SMILES string of the molecule is CC1=NNC(=O)C1CCC(=O)N/N=C/c1cccnc1. The zero-order valence-electron chi connectivity index (χ0n) is 11.0. The summed E-state index contributed by atoms with van der Waals surface area (Å²) in [5, 5.41) is 7.66. The van der Waals surface area contributed by atoms with Crippen molar-refractivity contribution in [1.82, 2.24) is 15.8 Å². The number of carbonyl (C=O) groups excluding carboxylic acids is 2. The molecule has 1 aromatic heterocycles. The second-order valence-corrected chi connectivity index (χ2v) is 4.40. The van der Waals surface area contributed by atoms with Crippen LogP contribution in [0.2, 0.25) is 0 Å². The Hall–Kier alpha value is -2.57. The molecule has 1 aliphatic heterocycles. The quantitative estimate of drug-likeness (QED) is 0.601. The molecule has 20 heavy (non-hydrogen) atoms. The standard InChI is InChI=1S/C13H15N5O2/c1-9-11(13(20)18-16-9)4-5-12(19)17-15-8-10-3-2-6-14-7-10/h2-3,6-8,11H,4-5H2,1H3,(H,17,19)(H,18,20)/b15-8+. The molecule has 0 radical (unpaired) electrons. The molecule has 0 spiro atoms. The van der Waals surface area contributed by atoms with Crippen LogP contribution in [0.25, 0.3) is 0 Å². The number of pyridine rings is 1. The Bertz CT molecular complexity index is 553. The Morgan fingerprint density at radius 1 is 1.60 bits per heavy atom. The summed E-state index contributed by atoms with van der Waals surface area (Å²) >= 11 is 0. The summed E-state index contributed by atoms with van der Waals surface area (Å²) in [5.74, 6) is -0.713. The fourth-order valence-electron chi connectivity index (χ4n) is 1.79. The van der Waals surface area contributed by atoms with Gasteiger partial charge in [0.25, 0.3) is 0 Å². The zero-order valence-corrected chi connectivity index (χ0v) is 11.0. The van der Waals surface area contributed by atoms with E-state index in [1.807, 2.05) is 6.07 Å². The van der Waals surface area contributed by atoms with Gasteiger partial charge in [0.1, 0.15) is 0 Å². The second-order valence-electron chi connectivity index (χ2n) is 4.40. The highest BCUT2D eigenvalue weighted by molar-refractivity contribution is 6.07. The topological polar surface area (TPSA) is 95.8 Å². The first-order valence-corrected chi connectivity index (χ1v) is 6.23. The van der Waals surface area contributed by atoms with Gasteiger partial charge in [0.2, 0.25) is 11.8 Å². The monoisotopic (exact) mass is 273 g/mol. The molecule has 0 fully saturated rings. The van der Waals surface area contributed by atoms with Crippen LogP contribution in [0.5, 0.6) is 0 Å². The molecule has 0 saturated carbocycles. The van der Waals surface area contributed by atoms with Crippen LogP contribution in [0.4, 0.5) is 0 Å². The number of hydrogen-bond acceptors (Lipinski definition) is 5. The third-order valence-electron chi connectivity index (χ3n) is 2.91. The van der Waals surface area contributed by atoms with Crippen molar-refractivity contribution < 1.29 is 9.59 Å². The maximum absolute atomic E-state index is 11.6. The fourth-order valence-corrected chi connectivity index (χ4v) is 1.79. The number of nitrogens with zero attached hydrogens (tertiary/aromatic N) is 3. The number of nitrogens with one attached hydrogen (secondary N) is 2. The van der Waals surface area contributed by atoms with E-state index in [1.54, 1.807) is 25.4 Å². The lowest BCUT2D eigenvalue weighted by Crippen LogP contribution is -2.25. The van der Waals surface area contributed by atoms with Crippen molar-refractivity contribution in [3.05, 3.63) is 30.1 Å². The molecule has 2 amide bonds. The first-order valence-electron chi connectivity index (χ1n) is 6.23. The Kier molecular flexibility index (Phi) is 4.54. The molecule has 2 N–H and O–H groups in total. The van der Waals surface area contributed by atoms with Crippen molar-refractivity contribution >= 4 is 23.7 Å². The maximum Gasteiger partial charge on any atom is 0.248 e. The molecular weight excluding hydrogens is 258 g/mol. The van der Waals surface area contributed by atoms with Gasteiger partial charge in [-0.15, -0.1) is 0 Å². The summed E-state index contributed by atoms with van der Waals surface area (Å²) in [6.07, 6.45) is 5.45. The van der Waals surface area contributed by atoms with Crippen LogP contribution in [0.15, 0.2) is 34.7 Å². The fraction of sp³-hybridized carbons (Fsp3) is 0.308. The highest BCUT2D eigenvalue weighted by atomic mass is 16.2. The van der Waals surface area contributed by atoms with Gasteiger partial charge in [-0.2, -0.15) is 10.2 Å². The largest absolute Gasteiger partial charge is 0.273 e. The van der Waals surface area contributed by atoms with Crippen molar-refractivity contribution in [1.29, 1.82) is 0 Å². The van der Waals surface area contributed by atoms with Crippen molar-refractivity contribution in [2.45, 2.75) is 19.8 Å². The Balaban J connectivity index is 1.75. The Morgan fingerprint density at radius 3 is 3.10 bits per heavy atom. The molecule has 1 aromatic rings. The average molecular weight is 273 g/mol. The van der Waals surface area contributed by atoms with Crippen LogP contribution in [0, 0.1) is 5.92 Å². The smallest absolute Gasteiger partial charge is 0.248 e. The average Bonchev–Trinajstić information content (AvgIpc) is 2.77. The van der Waals surface area contributed by atoms with Crippen LogP contribution in [-0.2, 0) is 9.59 Å². The number of rotatable bonds is 5.